The van der Waals surface area contributed by atoms with E-state index >= 15 is 0 Å². The van der Waals surface area contributed by atoms with Gasteiger partial charge in [0.25, 0.3) is 10.0 Å². The Morgan fingerprint density at radius 2 is 1.43 bits per heavy atom. The van der Waals surface area contributed by atoms with E-state index < -0.39 is 16.1 Å². The van der Waals surface area contributed by atoms with E-state index in [1.54, 1.807) is 36.4 Å². The first-order valence-corrected chi connectivity index (χ1v) is 8.40. The Labute approximate surface area is 134 Å². The van der Waals surface area contributed by atoms with Crippen LogP contribution in [0.4, 0.5) is 10.5 Å². The number of sulfonamides is 1. The first kappa shape index (κ1) is 15.1. The number of amides is 2. The number of fused-ring (bicyclic) bond motifs is 1. The quantitative estimate of drug-likeness (QED) is 0.775. The van der Waals surface area contributed by atoms with Crippen LogP contribution in [0.15, 0.2) is 77.7 Å². The van der Waals surface area contributed by atoms with Crippen molar-refractivity contribution in [2.45, 2.75) is 4.90 Å². The number of rotatable bonds is 3. The molecular formula is C17H14N2O3S. The highest BCUT2D eigenvalue weighted by Gasteiger charge is 2.17. The molecule has 116 valence electrons. The molecule has 3 aromatic carbocycles. The lowest BCUT2D eigenvalue weighted by Gasteiger charge is -2.09. The second kappa shape index (κ2) is 6.10. The summed E-state index contributed by atoms with van der Waals surface area (Å²) in [5.74, 6) is 0. The van der Waals surface area contributed by atoms with Gasteiger partial charge < -0.3 is 5.32 Å². The number of carbonyl (C=O) groups excluding carboxylic acids is 1. The van der Waals surface area contributed by atoms with Crippen LogP contribution in [-0.2, 0) is 10.0 Å². The molecule has 6 heteroatoms. The van der Waals surface area contributed by atoms with Gasteiger partial charge in [0.1, 0.15) is 0 Å². The van der Waals surface area contributed by atoms with Gasteiger partial charge in [0.2, 0.25) is 0 Å². The molecule has 0 aliphatic carbocycles. The summed E-state index contributed by atoms with van der Waals surface area (Å²) in [7, 11) is -3.93. The number of carbonyl (C=O) groups is 1. The van der Waals surface area contributed by atoms with Crippen molar-refractivity contribution >= 4 is 32.5 Å². The molecule has 0 aliphatic rings. The average molecular weight is 326 g/mol. The van der Waals surface area contributed by atoms with Crippen LogP contribution in [0.5, 0.6) is 0 Å². The van der Waals surface area contributed by atoms with Crippen molar-refractivity contribution < 1.29 is 13.2 Å². The lowest BCUT2D eigenvalue weighted by Crippen LogP contribution is -2.34. The minimum atomic E-state index is -3.93. The fourth-order valence-corrected chi connectivity index (χ4v) is 3.14. The Hall–Kier alpha value is -2.86. The Balaban J connectivity index is 1.81. The Morgan fingerprint density at radius 3 is 2.17 bits per heavy atom. The molecule has 2 N–H and O–H groups in total. The number of urea groups is 1. The van der Waals surface area contributed by atoms with Crippen LogP contribution in [-0.4, -0.2) is 14.4 Å². The molecule has 0 atom stereocenters. The molecule has 0 spiro atoms. The summed E-state index contributed by atoms with van der Waals surface area (Å²) in [6.07, 6.45) is 0. The van der Waals surface area contributed by atoms with Crippen molar-refractivity contribution in [2.75, 3.05) is 5.32 Å². The summed E-state index contributed by atoms with van der Waals surface area (Å²) >= 11 is 0. The highest BCUT2D eigenvalue weighted by Crippen LogP contribution is 2.18. The first-order chi connectivity index (χ1) is 11.0. The third-order valence-corrected chi connectivity index (χ3v) is 4.62. The fraction of sp³-hybridized carbons (Fsp3) is 0. The zero-order valence-electron chi connectivity index (χ0n) is 12.1. The van der Waals surface area contributed by atoms with Crippen molar-refractivity contribution in [1.29, 1.82) is 0 Å². The van der Waals surface area contributed by atoms with E-state index in [9.17, 15) is 13.2 Å². The molecule has 0 fully saturated rings. The van der Waals surface area contributed by atoms with Crippen molar-refractivity contribution in [1.82, 2.24) is 4.72 Å². The molecule has 0 saturated heterocycles. The van der Waals surface area contributed by atoms with Gasteiger partial charge in [0.15, 0.2) is 0 Å². The third-order valence-electron chi connectivity index (χ3n) is 3.29. The van der Waals surface area contributed by atoms with E-state index in [2.05, 4.69) is 5.32 Å². The van der Waals surface area contributed by atoms with Crippen LogP contribution in [0, 0.1) is 0 Å². The molecule has 3 rings (SSSR count). The fourth-order valence-electron chi connectivity index (χ4n) is 2.19. The number of benzene rings is 3. The van der Waals surface area contributed by atoms with Gasteiger partial charge >= 0.3 is 6.03 Å². The molecule has 0 heterocycles. The van der Waals surface area contributed by atoms with Gasteiger partial charge in [-0.25, -0.2) is 17.9 Å². The van der Waals surface area contributed by atoms with Crippen molar-refractivity contribution in [2.24, 2.45) is 0 Å². The first-order valence-electron chi connectivity index (χ1n) is 6.92. The van der Waals surface area contributed by atoms with Gasteiger partial charge in [0, 0.05) is 5.69 Å². The van der Waals surface area contributed by atoms with Gasteiger partial charge in [0.05, 0.1) is 4.90 Å². The summed E-state index contributed by atoms with van der Waals surface area (Å²) in [5, 5.41) is 4.20. The molecule has 0 aliphatic heterocycles. The minimum absolute atomic E-state index is 0.0411. The summed E-state index contributed by atoms with van der Waals surface area (Å²) in [6, 6.07) is 20.0. The van der Waals surface area contributed by atoms with E-state index in [0.717, 1.165) is 10.8 Å². The second-order valence-corrected chi connectivity index (χ2v) is 6.62. The van der Waals surface area contributed by atoms with Crippen LogP contribution < -0.4 is 10.0 Å². The van der Waals surface area contributed by atoms with Gasteiger partial charge in [-0.3, -0.25) is 0 Å². The maximum absolute atomic E-state index is 12.3. The Bertz CT molecular complexity index is 954. The second-order valence-electron chi connectivity index (χ2n) is 4.93. The van der Waals surface area contributed by atoms with Crippen LogP contribution in [0.2, 0.25) is 0 Å². The molecule has 2 amide bonds. The minimum Gasteiger partial charge on any atom is -0.307 e. The van der Waals surface area contributed by atoms with Gasteiger partial charge in [-0.2, -0.15) is 0 Å². The molecule has 0 bridgehead atoms. The number of anilines is 1. The van der Waals surface area contributed by atoms with Crippen molar-refractivity contribution in [3.8, 4) is 0 Å². The molecule has 0 aromatic heterocycles. The average Bonchev–Trinajstić information content (AvgIpc) is 2.54. The summed E-state index contributed by atoms with van der Waals surface area (Å²) in [5.41, 5.74) is 0.513. The van der Waals surface area contributed by atoms with Gasteiger partial charge in [-0.15, -0.1) is 0 Å². The smallest absolute Gasteiger partial charge is 0.307 e. The molecule has 5 nitrogen and oxygen atoms in total. The summed E-state index contributed by atoms with van der Waals surface area (Å²) in [4.78, 5) is 11.9. The Kier molecular flexibility index (Phi) is 3.99. The zero-order valence-corrected chi connectivity index (χ0v) is 12.9. The van der Waals surface area contributed by atoms with Crippen LogP contribution in [0.25, 0.3) is 10.8 Å². The van der Waals surface area contributed by atoms with Crippen molar-refractivity contribution in [3.63, 3.8) is 0 Å². The van der Waals surface area contributed by atoms with Crippen LogP contribution >= 0.6 is 0 Å². The van der Waals surface area contributed by atoms with E-state index in [1.807, 2.05) is 29.0 Å². The number of hydrogen-bond acceptors (Lipinski definition) is 3. The largest absolute Gasteiger partial charge is 0.333 e. The summed E-state index contributed by atoms with van der Waals surface area (Å²) < 4.78 is 26.6. The maximum atomic E-state index is 12.3. The zero-order chi connectivity index (χ0) is 16.3. The molecular weight excluding hydrogens is 312 g/mol. The number of nitrogens with one attached hydrogen (secondary N) is 2. The molecule has 0 unspecified atom stereocenters. The topological polar surface area (TPSA) is 75.3 Å². The van der Waals surface area contributed by atoms with E-state index in [0.29, 0.717) is 5.69 Å². The maximum Gasteiger partial charge on any atom is 0.333 e. The predicted octanol–water partition coefficient (Wildman–Crippen LogP) is 3.35. The number of para-hydroxylation sites is 1. The molecule has 3 aromatic rings. The third kappa shape index (κ3) is 3.49. The van der Waals surface area contributed by atoms with Gasteiger partial charge in [-0.1, -0.05) is 48.5 Å². The standard InChI is InChI=1S/C17H14N2O3S/c20-17(18-15-8-2-1-3-9-15)19-23(21,22)16-11-10-13-6-4-5-7-14(13)12-16/h1-12H,(H2,18,19,20). The van der Waals surface area contributed by atoms with Crippen molar-refractivity contribution in [3.05, 3.63) is 72.8 Å². The lowest BCUT2D eigenvalue weighted by atomic mass is 10.1. The monoisotopic (exact) mass is 326 g/mol. The highest BCUT2D eigenvalue weighted by atomic mass is 32.2. The van der Waals surface area contributed by atoms with E-state index in [1.165, 1.54) is 12.1 Å². The Morgan fingerprint density at radius 1 is 0.783 bits per heavy atom. The highest BCUT2D eigenvalue weighted by molar-refractivity contribution is 7.90. The van der Waals surface area contributed by atoms with E-state index in [-0.39, 0.29) is 4.90 Å². The summed E-state index contributed by atoms with van der Waals surface area (Å²) in [6.45, 7) is 0. The normalized spacial score (nSPS) is 11.1. The SMILES string of the molecule is O=C(Nc1ccccc1)NS(=O)(=O)c1ccc2ccccc2c1. The van der Waals surface area contributed by atoms with Crippen LogP contribution in [0.1, 0.15) is 0 Å². The lowest BCUT2D eigenvalue weighted by molar-refractivity contribution is 0.256. The predicted molar refractivity (Wildman–Crippen MR) is 89.7 cm³/mol. The van der Waals surface area contributed by atoms with Crippen LogP contribution in [0.3, 0.4) is 0 Å². The molecule has 0 radical (unpaired) electrons. The molecule has 0 saturated carbocycles. The number of hydrogen-bond donors (Lipinski definition) is 2. The van der Waals surface area contributed by atoms with E-state index in [4.69, 9.17) is 0 Å². The van der Waals surface area contributed by atoms with Gasteiger partial charge in [-0.05, 0) is 35.0 Å². The molecule has 23 heavy (non-hydrogen) atoms.